The van der Waals surface area contributed by atoms with Gasteiger partial charge in [0.2, 0.25) is 11.8 Å². The summed E-state index contributed by atoms with van der Waals surface area (Å²) in [4.78, 5) is 50.1. The summed E-state index contributed by atoms with van der Waals surface area (Å²) in [6.07, 6.45) is -1.06. The first-order valence-electron chi connectivity index (χ1n) is 13.0. The average Bonchev–Trinajstić information content (AvgIpc) is 2.94. The zero-order chi connectivity index (χ0) is 32.3. The second kappa shape index (κ2) is 16.1. The van der Waals surface area contributed by atoms with Crippen LogP contribution < -0.4 is 24.8 Å². The van der Waals surface area contributed by atoms with Gasteiger partial charge in [-0.1, -0.05) is 13.8 Å². The molecular weight excluding hydrogens is 604 g/mol. The van der Waals surface area contributed by atoms with Crippen molar-refractivity contribution in [2.24, 2.45) is 5.92 Å². The highest BCUT2D eigenvalue weighted by molar-refractivity contribution is 7.99. The maximum Gasteiger partial charge on any atom is 0.305 e. The van der Waals surface area contributed by atoms with Crippen LogP contribution in [0.25, 0.3) is 0 Å². The van der Waals surface area contributed by atoms with E-state index in [4.69, 9.17) is 14.2 Å². The topological polar surface area (TPSA) is 195 Å². The minimum atomic E-state index is -4.54. The molecule has 0 aliphatic carbocycles. The first-order chi connectivity index (χ1) is 20.2. The number of rotatable bonds is 17. The number of aliphatic carboxylic acids is 1. The van der Waals surface area contributed by atoms with Crippen LogP contribution in [0.1, 0.15) is 31.4 Å². The number of carboxylic acids is 1. The third kappa shape index (κ3) is 10.8. The Labute approximate surface area is 254 Å². The molecule has 43 heavy (non-hydrogen) atoms. The molecule has 4 N–H and O–H groups in total. The summed E-state index contributed by atoms with van der Waals surface area (Å²) in [7, 11) is -0.192. The number of benzene rings is 2. The molecule has 0 spiro atoms. The Hall–Kier alpha value is -3.82. The molecule has 0 aromatic heterocycles. The van der Waals surface area contributed by atoms with Gasteiger partial charge in [0.15, 0.2) is 5.78 Å². The number of ether oxygens (including phenoxy) is 3. The number of hydrogen-bond donors (Lipinski definition) is 4. The normalized spacial score (nSPS) is 12.6. The van der Waals surface area contributed by atoms with Gasteiger partial charge in [0.25, 0.3) is 10.1 Å². The Bertz CT molecular complexity index is 1430. The molecule has 0 unspecified atom stereocenters. The lowest BCUT2D eigenvalue weighted by molar-refractivity contribution is -0.140. The molecule has 0 saturated carbocycles. The fourth-order valence-corrected chi connectivity index (χ4v) is 5.51. The molecule has 2 atom stereocenters. The Morgan fingerprint density at radius 2 is 1.53 bits per heavy atom. The molecule has 13 nitrogen and oxygen atoms in total. The van der Waals surface area contributed by atoms with Crippen molar-refractivity contribution in [2.45, 2.75) is 49.4 Å². The van der Waals surface area contributed by atoms with Gasteiger partial charge in [-0.3, -0.25) is 23.7 Å². The molecule has 15 heteroatoms. The van der Waals surface area contributed by atoms with Crippen molar-refractivity contribution in [2.75, 3.05) is 27.1 Å². The summed E-state index contributed by atoms with van der Waals surface area (Å²) in [5.41, 5.74) is 0.904. The van der Waals surface area contributed by atoms with Crippen molar-refractivity contribution >= 4 is 45.4 Å². The summed E-state index contributed by atoms with van der Waals surface area (Å²) in [6, 6.07) is 6.19. The Kier molecular flexibility index (Phi) is 13.3. The van der Waals surface area contributed by atoms with E-state index in [9.17, 15) is 37.3 Å². The molecule has 2 amide bonds. The predicted octanol–water partition coefficient (Wildman–Crippen LogP) is 2.10. The number of ketones is 1. The molecule has 0 fully saturated rings. The van der Waals surface area contributed by atoms with Crippen molar-refractivity contribution in [3.05, 3.63) is 47.5 Å². The SMILES string of the molecule is COc1ccc(OC)c(CSCC(=O)[C@H](CC(=O)O)NC(=O)[C@@H](NC(=O)Cc2cc(S(=O)(=O)O)ccc2OC)C(C)C)c1. The fraction of sp³-hybridized carbons (Fsp3) is 0.429. The Balaban J connectivity index is 2.12. The van der Waals surface area contributed by atoms with Gasteiger partial charge in [-0.2, -0.15) is 8.42 Å². The zero-order valence-corrected chi connectivity index (χ0v) is 26.0. The molecule has 0 saturated heterocycles. The van der Waals surface area contributed by atoms with E-state index in [1.165, 1.54) is 39.2 Å². The van der Waals surface area contributed by atoms with E-state index >= 15 is 0 Å². The zero-order valence-electron chi connectivity index (χ0n) is 24.4. The molecule has 2 rings (SSSR count). The molecule has 0 aliphatic rings. The standard InChI is InChI=1S/C28H36N2O11S2/c1-16(2)27(30-25(32)12-17-11-20(43(36,37)38)7-9-23(17)40-4)28(35)29-21(13-26(33)34)22(31)15-42-14-18-10-19(39-3)6-8-24(18)41-5/h6-11,16,21,27H,12-15H2,1-5H3,(H,29,35)(H,30,32)(H,33,34)(H,36,37,38)/t21-,27-/m0/s1. The molecule has 2 aromatic carbocycles. The number of thioether (sulfide) groups is 1. The van der Waals surface area contributed by atoms with Crippen LogP contribution in [0.5, 0.6) is 17.2 Å². The van der Waals surface area contributed by atoms with Crippen LogP contribution in [0.4, 0.5) is 0 Å². The van der Waals surface area contributed by atoms with E-state index in [-0.39, 0.29) is 17.1 Å². The van der Waals surface area contributed by atoms with Crippen LogP contribution in [-0.2, 0) is 41.5 Å². The van der Waals surface area contributed by atoms with Crippen molar-refractivity contribution in [1.29, 1.82) is 0 Å². The van der Waals surface area contributed by atoms with Gasteiger partial charge in [-0.25, -0.2) is 0 Å². The van der Waals surface area contributed by atoms with Crippen molar-refractivity contribution < 1.29 is 51.5 Å². The maximum atomic E-state index is 13.2. The summed E-state index contributed by atoms with van der Waals surface area (Å²) in [6.45, 7) is 3.30. The number of nitrogens with one attached hydrogen (secondary N) is 2. The summed E-state index contributed by atoms with van der Waals surface area (Å²) in [5, 5.41) is 14.4. The third-order valence-electron chi connectivity index (χ3n) is 6.24. The summed E-state index contributed by atoms with van der Waals surface area (Å²) in [5.74, 6) is -2.11. The Morgan fingerprint density at radius 1 is 0.907 bits per heavy atom. The van der Waals surface area contributed by atoms with Gasteiger partial charge in [0.05, 0.1) is 50.9 Å². The van der Waals surface area contributed by atoms with E-state index in [1.54, 1.807) is 32.0 Å². The third-order valence-corrected chi connectivity index (χ3v) is 8.09. The molecule has 0 aliphatic heterocycles. The quantitative estimate of drug-likeness (QED) is 0.184. The predicted molar refractivity (Wildman–Crippen MR) is 158 cm³/mol. The molecule has 236 valence electrons. The van der Waals surface area contributed by atoms with E-state index in [2.05, 4.69) is 10.6 Å². The van der Waals surface area contributed by atoms with E-state index in [0.29, 0.717) is 17.3 Å². The molecule has 0 heterocycles. The number of carbonyl (C=O) groups excluding carboxylic acids is 3. The van der Waals surface area contributed by atoms with E-state index in [1.807, 2.05) is 0 Å². The number of carbonyl (C=O) groups is 4. The van der Waals surface area contributed by atoms with Crippen LogP contribution in [0.3, 0.4) is 0 Å². The van der Waals surface area contributed by atoms with Gasteiger partial charge in [0, 0.05) is 16.9 Å². The van der Waals surface area contributed by atoms with Crippen molar-refractivity contribution in [1.82, 2.24) is 10.6 Å². The van der Waals surface area contributed by atoms with Gasteiger partial charge in [-0.05, 0) is 42.3 Å². The molecule has 0 bridgehead atoms. The summed E-state index contributed by atoms with van der Waals surface area (Å²) < 4.78 is 48.1. The van der Waals surface area contributed by atoms with Gasteiger partial charge in [-0.15, -0.1) is 11.8 Å². The van der Waals surface area contributed by atoms with Gasteiger partial charge >= 0.3 is 5.97 Å². The smallest absolute Gasteiger partial charge is 0.305 e. The minimum Gasteiger partial charge on any atom is -0.497 e. The lowest BCUT2D eigenvalue weighted by Gasteiger charge is -2.25. The fourth-order valence-electron chi connectivity index (χ4n) is 4.02. The molecule has 0 radical (unpaired) electrons. The first kappa shape index (κ1) is 35.4. The van der Waals surface area contributed by atoms with Crippen LogP contribution in [0, 0.1) is 5.92 Å². The van der Waals surface area contributed by atoms with Crippen LogP contribution >= 0.6 is 11.8 Å². The highest BCUT2D eigenvalue weighted by Gasteiger charge is 2.30. The monoisotopic (exact) mass is 640 g/mol. The van der Waals surface area contributed by atoms with Gasteiger partial charge in [0.1, 0.15) is 23.3 Å². The average molecular weight is 641 g/mol. The lowest BCUT2D eigenvalue weighted by atomic mass is 10.0. The number of hydrogen-bond acceptors (Lipinski definition) is 10. The second-order valence-electron chi connectivity index (χ2n) is 9.71. The van der Waals surface area contributed by atoms with Crippen molar-refractivity contribution in [3.8, 4) is 17.2 Å². The minimum absolute atomic E-state index is 0.110. The van der Waals surface area contributed by atoms with Crippen molar-refractivity contribution in [3.63, 3.8) is 0 Å². The first-order valence-corrected chi connectivity index (χ1v) is 15.6. The second-order valence-corrected chi connectivity index (χ2v) is 12.1. The maximum absolute atomic E-state index is 13.2. The van der Waals surface area contributed by atoms with Crippen LogP contribution in [0.15, 0.2) is 41.3 Å². The molecular formula is C28H36N2O11S2. The highest BCUT2D eigenvalue weighted by atomic mass is 32.2. The lowest BCUT2D eigenvalue weighted by Crippen LogP contribution is -2.54. The van der Waals surface area contributed by atoms with Gasteiger partial charge < -0.3 is 30.0 Å². The number of amides is 2. The van der Waals surface area contributed by atoms with Crippen LogP contribution in [-0.4, -0.2) is 80.8 Å². The van der Waals surface area contributed by atoms with E-state index < -0.39 is 69.4 Å². The molecule has 2 aromatic rings. The summed E-state index contributed by atoms with van der Waals surface area (Å²) >= 11 is 1.21. The number of methoxy groups -OCH3 is 3. The van der Waals surface area contributed by atoms with Crippen LogP contribution in [0.2, 0.25) is 0 Å². The highest BCUT2D eigenvalue weighted by Crippen LogP contribution is 2.28. The number of carboxylic acid groups (broad SMARTS) is 1. The number of Topliss-reactive ketones (excluding diaryl/α,β-unsaturated/α-hetero) is 1. The largest absolute Gasteiger partial charge is 0.497 e. The van der Waals surface area contributed by atoms with E-state index in [0.717, 1.165) is 17.7 Å². The Morgan fingerprint density at radius 3 is 2.09 bits per heavy atom.